The van der Waals surface area contributed by atoms with Gasteiger partial charge in [0, 0.05) is 25.7 Å². The molecule has 2 aliphatic rings. The minimum atomic E-state index is -0.610. The number of piperidine rings is 1. The van der Waals surface area contributed by atoms with Crippen molar-refractivity contribution in [3.63, 3.8) is 0 Å². The first kappa shape index (κ1) is 17.2. The summed E-state index contributed by atoms with van der Waals surface area (Å²) in [5.41, 5.74) is -0.0824. The van der Waals surface area contributed by atoms with Crippen LogP contribution in [0.15, 0.2) is 18.2 Å². The highest BCUT2D eigenvalue weighted by Gasteiger charge is 2.30. The number of nitrogens with zero attached hydrogens (tertiary/aromatic N) is 1. The molecule has 0 spiro atoms. The molecule has 3 rings (SSSR count). The molecular weight excluding hydrogens is 335 g/mol. The van der Waals surface area contributed by atoms with Crippen LogP contribution >= 0.6 is 11.6 Å². The number of nitrogens with one attached hydrogen (secondary N) is 1. The van der Waals surface area contributed by atoms with Gasteiger partial charge in [-0.05, 0) is 37.8 Å². The second-order valence-corrected chi connectivity index (χ2v) is 6.58. The predicted molar refractivity (Wildman–Crippen MR) is 87.5 cm³/mol. The lowest BCUT2D eigenvalue weighted by Gasteiger charge is -2.33. The van der Waals surface area contributed by atoms with Crippen LogP contribution in [-0.4, -0.2) is 48.6 Å². The summed E-state index contributed by atoms with van der Waals surface area (Å²) in [4.78, 5) is 26.1. The van der Waals surface area contributed by atoms with Crippen LogP contribution in [0.2, 0.25) is 5.02 Å². The first-order valence-corrected chi connectivity index (χ1v) is 8.59. The standard InChI is InChI=1S/C17H20ClFN2O3/c18-12-3-1-4-13(19)15(12)17(23)21-8-6-11(7-9-21)20-16(22)14-5-2-10-24-14/h1,3-4,11,14H,2,5-10H2,(H,20,22). The Hall–Kier alpha value is -1.66. The van der Waals surface area contributed by atoms with Gasteiger partial charge in [-0.2, -0.15) is 0 Å². The minimum absolute atomic E-state index is 0.0156. The van der Waals surface area contributed by atoms with Crippen LogP contribution in [0.5, 0.6) is 0 Å². The van der Waals surface area contributed by atoms with Crippen molar-refractivity contribution in [2.24, 2.45) is 0 Å². The van der Waals surface area contributed by atoms with Gasteiger partial charge in [-0.3, -0.25) is 9.59 Å². The van der Waals surface area contributed by atoms with E-state index in [0.717, 1.165) is 12.8 Å². The maximum absolute atomic E-state index is 13.9. The molecule has 2 fully saturated rings. The molecule has 130 valence electrons. The Morgan fingerprint density at radius 2 is 2.00 bits per heavy atom. The van der Waals surface area contributed by atoms with Crippen LogP contribution in [0.4, 0.5) is 4.39 Å². The lowest BCUT2D eigenvalue weighted by atomic mass is 10.0. The Balaban J connectivity index is 1.55. The topological polar surface area (TPSA) is 58.6 Å². The van der Waals surface area contributed by atoms with E-state index in [0.29, 0.717) is 32.5 Å². The molecule has 0 bridgehead atoms. The molecule has 2 aliphatic heterocycles. The summed E-state index contributed by atoms with van der Waals surface area (Å²) in [6.07, 6.45) is 2.59. The highest BCUT2D eigenvalue weighted by molar-refractivity contribution is 6.33. The van der Waals surface area contributed by atoms with E-state index in [9.17, 15) is 14.0 Å². The van der Waals surface area contributed by atoms with Gasteiger partial charge in [-0.25, -0.2) is 4.39 Å². The Morgan fingerprint density at radius 3 is 2.62 bits per heavy atom. The van der Waals surface area contributed by atoms with Crippen molar-refractivity contribution in [3.8, 4) is 0 Å². The molecule has 2 saturated heterocycles. The van der Waals surface area contributed by atoms with E-state index < -0.39 is 11.7 Å². The highest BCUT2D eigenvalue weighted by atomic mass is 35.5. The van der Waals surface area contributed by atoms with Crippen molar-refractivity contribution >= 4 is 23.4 Å². The van der Waals surface area contributed by atoms with Gasteiger partial charge < -0.3 is 15.0 Å². The summed E-state index contributed by atoms with van der Waals surface area (Å²) in [7, 11) is 0. The van der Waals surface area contributed by atoms with Crippen molar-refractivity contribution in [2.45, 2.75) is 37.8 Å². The Kier molecular flexibility index (Phi) is 5.36. The van der Waals surface area contributed by atoms with Gasteiger partial charge >= 0.3 is 0 Å². The molecule has 0 radical (unpaired) electrons. The molecule has 2 heterocycles. The number of hydrogen-bond donors (Lipinski definition) is 1. The molecule has 0 aliphatic carbocycles. The summed E-state index contributed by atoms with van der Waals surface area (Å²) in [5, 5.41) is 3.10. The molecule has 0 saturated carbocycles. The SMILES string of the molecule is O=C(NC1CCN(C(=O)c2c(F)cccc2Cl)CC1)C1CCCO1. The second-order valence-electron chi connectivity index (χ2n) is 6.17. The molecule has 24 heavy (non-hydrogen) atoms. The van der Waals surface area contributed by atoms with Gasteiger partial charge in [-0.15, -0.1) is 0 Å². The average molecular weight is 355 g/mol. The average Bonchev–Trinajstić information content (AvgIpc) is 3.10. The van der Waals surface area contributed by atoms with Gasteiger partial charge in [0.2, 0.25) is 5.91 Å². The van der Waals surface area contributed by atoms with Gasteiger partial charge in [0.05, 0.1) is 10.6 Å². The second kappa shape index (κ2) is 7.49. The first-order chi connectivity index (χ1) is 11.6. The summed E-state index contributed by atoms with van der Waals surface area (Å²) in [5.74, 6) is -1.09. The fourth-order valence-corrected chi connectivity index (χ4v) is 3.41. The fraction of sp³-hybridized carbons (Fsp3) is 0.529. The third-order valence-electron chi connectivity index (χ3n) is 4.53. The number of likely N-dealkylation sites (tertiary alicyclic amines) is 1. The van der Waals surface area contributed by atoms with Crippen molar-refractivity contribution in [2.75, 3.05) is 19.7 Å². The van der Waals surface area contributed by atoms with Crippen LogP contribution in [0.3, 0.4) is 0 Å². The molecule has 1 N–H and O–H groups in total. The molecule has 7 heteroatoms. The number of rotatable bonds is 3. The highest BCUT2D eigenvalue weighted by Crippen LogP contribution is 2.23. The van der Waals surface area contributed by atoms with Gasteiger partial charge in [-0.1, -0.05) is 17.7 Å². The van der Waals surface area contributed by atoms with Crippen LogP contribution < -0.4 is 5.32 Å². The zero-order valence-electron chi connectivity index (χ0n) is 13.3. The van der Waals surface area contributed by atoms with Gasteiger partial charge in [0.25, 0.3) is 5.91 Å². The number of hydrogen-bond acceptors (Lipinski definition) is 3. The predicted octanol–water partition coefficient (Wildman–Crippen LogP) is 2.38. The van der Waals surface area contributed by atoms with Gasteiger partial charge in [0.1, 0.15) is 11.9 Å². The molecule has 2 amide bonds. The number of benzene rings is 1. The Morgan fingerprint density at radius 1 is 1.25 bits per heavy atom. The fourth-order valence-electron chi connectivity index (χ4n) is 3.17. The van der Waals surface area contributed by atoms with Gasteiger partial charge in [0.15, 0.2) is 0 Å². The molecule has 1 aromatic carbocycles. The zero-order valence-corrected chi connectivity index (χ0v) is 14.0. The van der Waals surface area contributed by atoms with E-state index in [-0.39, 0.29) is 28.6 Å². The molecule has 1 unspecified atom stereocenters. The van der Waals surface area contributed by atoms with E-state index in [1.807, 2.05) is 0 Å². The van der Waals surface area contributed by atoms with Crippen molar-refractivity contribution in [1.29, 1.82) is 0 Å². The molecule has 1 aromatic rings. The first-order valence-electron chi connectivity index (χ1n) is 8.21. The third-order valence-corrected chi connectivity index (χ3v) is 4.84. The lowest BCUT2D eigenvalue weighted by Crippen LogP contribution is -2.48. The number of halogens is 2. The minimum Gasteiger partial charge on any atom is -0.368 e. The van der Waals surface area contributed by atoms with Crippen LogP contribution in [0.1, 0.15) is 36.0 Å². The Labute approximate surface area is 145 Å². The molecule has 5 nitrogen and oxygen atoms in total. The van der Waals surface area contributed by atoms with E-state index >= 15 is 0 Å². The molecule has 1 atom stereocenters. The zero-order chi connectivity index (χ0) is 17.1. The number of amides is 2. The van der Waals surface area contributed by atoms with Crippen LogP contribution in [0.25, 0.3) is 0 Å². The summed E-state index contributed by atoms with van der Waals surface area (Å²) < 4.78 is 19.2. The molecule has 0 aromatic heterocycles. The summed E-state index contributed by atoms with van der Waals surface area (Å²) in [6.45, 7) is 1.55. The van der Waals surface area contributed by atoms with E-state index in [2.05, 4.69) is 5.32 Å². The number of ether oxygens (including phenoxy) is 1. The largest absolute Gasteiger partial charge is 0.368 e. The summed E-state index contributed by atoms with van der Waals surface area (Å²) in [6, 6.07) is 4.23. The Bertz CT molecular complexity index is 606. The van der Waals surface area contributed by atoms with Crippen LogP contribution in [0, 0.1) is 5.82 Å². The van der Waals surface area contributed by atoms with E-state index in [4.69, 9.17) is 16.3 Å². The smallest absolute Gasteiger partial charge is 0.258 e. The number of carbonyl (C=O) groups is 2. The third kappa shape index (κ3) is 3.70. The van der Waals surface area contributed by atoms with Crippen molar-refractivity contribution in [1.82, 2.24) is 10.2 Å². The summed E-state index contributed by atoms with van der Waals surface area (Å²) >= 11 is 5.96. The normalized spacial score (nSPS) is 21.8. The van der Waals surface area contributed by atoms with E-state index in [1.54, 1.807) is 4.90 Å². The van der Waals surface area contributed by atoms with Crippen molar-refractivity contribution in [3.05, 3.63) is 34.6 Å². The lowest BCUT2D eigenvalue weighted by molar-refractivity contribution is -0.131. The number of carbonyl (C=O) groups excluding carboxylic acids is 2. The monoisotopic (exact) mass is 354 g/mol. The van der Waals surface area contributed by atoms with E-state index in [1.165, 1.54) is 18.2 Å². The maximum atomic E-state index is 13.9. The molecular formula is C17H20ClFN2O3. The quantitative estimate of drug-likeness (QED) is 0.906. The maximum Gasteiger partial charge on any atom is 0.258 e. The van der Waals surface area contributed by atoms with Crippen LogP contribution in [-0.2, 0) is 9.53 Å². The van der Waals surface area contributed by atoms with Crippen molar-refractivity contribution < 1.29 is 18.7 Å².